The monoisotopic (exact) mass is 394 g/mol. The van der Waals surface area contributed by atoms with Gasteiger partial charge >= 0.3 is 0 Å². The number of furan rings is 1. The maximum absolute atomic E-state index is 12.8. The second-order valence-corrected chi connectivity index (χ2v) is 8.01. The van der Waals surface area contributed by atoms with E-state index in [0.717, 1.165) is 23.2 Å². The Morgan fingerprint density at radius 3 is 2.61 bits per heavy atom. The van der Waals surface area contributed by atoms with E-state index in [2.05, 4.69) is 0 Å². The lowest BCUT2D eigenvalue weighted by molar-refractivity contribution is 0.0564. The van der Waals surface area contributed by atoms with E-state index < -0.39 is 0 Å². The van der Waals surface area contributed by atoms with Gasteiger partial charge in [0.05, 0.1) is 6.26 Å². The van der Waals surface area contributed by atoms with Crippen molar-refractivity contribution in [2.24, 2.45) is 5.92 Å². The van der Waals surface area contributed by atoms with Crippen molar-refractivity contribution in [3.8, 4) is 11.1 Å². The number of rotatable bonds is 2. The minimum Gasteiger partial charge on any atom is -0.459 e. The fraction of sp³-hybridized carbons (Fsp3) is 0.273. The Bertz CT molecular complexity index is 1090. The Morgan fingerprint density at radius 1 is 1.04 bits per heavy atom. The summed E-state index contributed by atoms with van der Waals surface area (Å²) in [6, 6.07) is 14.6. The number of fused-ring (bicyclic) bond motifs is 4. The average molecular weight is 395 g/mol. The van der Waals surface area contributed by atoms with Crippen molar-refractivity contribution < 1.29 is 9.21 Å². The van der Waals surface area contributed by atoms with Gasteiger partial charge in [-0.3, -0.25) is 9.59 Å². The van der Waals surface area contributed by atoms with Gasteiger partial charge in [0.25, 0.3) is 11.5 Å². The van der Waals surface area contributed by atoms with Gasteiger partial charge in [-0.2, -0.15) is 0 Å². The highest BCUT2D eigenvalue weighted by Crippen LogP contribution is 2.40. The van der Waals surface area contributed by atoms with Crippen molar-refractivity contribution >= 4 is 17.5 Å². The van der Waals surface area contributed by atoms with Crippen LogP contribution in [0.25, 0.3) is 11.1 Å². The van der Waals surface area contributed by atoms with E-state index in [4.69, 9.17) is 16.0 Å². The lowest BCUT2D eigenvalue weighted by Gasteiger charge is -2.43. The first kappa shape index (κ1) is 17.3. The molecule has 2 aliphatic heterocycles. The zero-order chi connectivity index (χ0) is 19.3. The van der Waals surface area contributed by atoms with Crippen molar-refractivity contribution in [1.29, 1.82) is 0 Å². The Balaban J connectivity index is 1.56. The molecule has 2 bridgehead atoms. The number of carbonyl (C=O) groups excluding carboxylic acids is 1. The minimum atomic E-state index is -0.0838. The van der Waals surface area contributed by atoms with Gasteiger partial charge in [-0.1, -0.05) is 23.7 Å². The molecule has 28 heavy (non-hydrogen) atoms. The van der Waals surface area contributed by atoms with Gasteiger partial charge in [-0.05, 0) is 48.2 Å². The van der Waals surface area contributed by atoms with Crippen molar-refractivity contribution in [2.45, 2.75) is 18.9 Å². The minimum absolute atomic E-state index is 0.0215. The molecule has 5 rings (SSSR count). The summed E-state index contributed by atoms with van der Waals surface area (Å²) in [5.41, 5.74) is 3.10. The number of piperidine rings is 1. The summed E-state index contributed by atoms with van der Waals surface area (Å²) in [5.74, 6) is 0.664. The largest absolute Gasteiger partial charge is 0.459 e. The third-order valence-corrected chi connectivity index (χ3v) is 6.02. The summed E-state index contributed by atoms with van der Waals surface area (Å²) in [6.45, 7) is 1.86. The predicted molar refractivity (Wildman–Crippen MR) is 107 cm³/mol. The molecule has 2 aromatic heterocycles. The lowest BCUT2D eigenvalue weighted by Crippen LogP contribution is -2.49. The van der Waals surface area contributed by atoms with E-state index >= 15 is 0 Å². The lowest BCUT2D eigenvalue weighted by atomic mass is 9.80. The van der Waals surface area contributed by atoms with E-state index in [-0.39, 0.29) is 23.3 Å². The van der Waals surface area contributed by atoms with Crippen LogP contribution in [0, 0.1) is 5.92 Å². The van der Waals surface area contributed by atoms with Gasteiger partial charge in [0, 0.05) is 47.9 Å². The highest BCUT2D eigenvalue weighted by atomic mass is 35.5. The zero-order valence-electron chi connectivity index (χ0n) is 15.2. The first-order chi connectivity index (χ1) is 13.6. The first-order valence-electron chi connectivity index (χ1n) is 9.42. The summed E-state index contributed by atoms with van der Waals surface area (Å²) in [7, 11) is 0. The number of nitrogens with zero attached hydrogens (tertiary/aromatic N) is 2. The van der Waals surface area contributed by atoms with Crippen molar-refractivity contribution in [3.63, 3.8) is 0 Å². The highest BCUT2D eigenvalue weighted by molar-refractivity contribution is 6.30. The van der Waals surface area contributed by atoms with Crippen molar-refractivity contribution in [2.75, 3.05) is 13.1 Å². The maximum Gasteiger partial charge on any atom is 0.289 e. The van der Waals surface area contributed by atoms with Crippen molar-refractivity contribution in [1.82, 2.24) is 9.47 Å². The standard InChI is InChI=1S/C22H19ClN2O3/c23-17-5-3-15(4-6-17)18-7-8-20(26)25-12-14-10-16(21(18)25)13-24(11-14)22(27)19-2-1-9-28-19/h1-9,14,16H,10-13H2/t14-,16+/m0/s1. The molecule has 2 atom stereocenters. The van der Waals surface area contributed by atoms with Crippen LogP contribution in [0.15, 0.2) is 64.0 Å². The molecule has 1 fully saturated rings. The molecule has 0 aliphatic carbocycles. The first-order valence-corrected chi connectivity index (χ1v) is 9.80. The molecular weight excluding hydrogens is 376 g/mol. The Morgan fingerprint density at radius 2 is 1.86 bits per heavy atom. The molecule has 6 heteroatoms. The molecule has 0 radical (unpaired) electrons. The Hall–Kier alpha value is -2.79. The number of benzene rings is 1. The number of aromatic nitrogens is 1. The number of likely N-dealkylation sites (tertiary alicyclic amines) is 1. The van der Waals surface area contributed by atoms with E-state index in [1.54, 1.807) is 18.2 Å². The molecule has 1 saturated heterocycles. The normalized spacial score (nSPS) is 20.7. The fourth-order valence-corrected chi connectivity index (χ4v) is 4.74. The molecule has 0 saturated carbocycles. The number of hydrogen-bond acceptors (Lipinski definition) is 3. The van der Waals surface area contributed by atoms with Crippen LogP contribution in [-0.2, 0) is 6.54 Å². The molecule has 142 valence electrons. The number of carbonyl (C=O) groups is 1. The van der Waals surface area contributed by atoms with Crippen LogP contribution in [0.3, 0.4) is 0 Å². The summed E-state index contributed by atoms with van der Waals surface area (Å²) in [4.78, 5) is 27.3. The van der Waals surface area contributed by atoms with Gasteiger partial charge in [0.2, 0.25) is 0 Å². The Kier molecular flexibility index (Phi) is 4.13. The molecule has 0 spiro atoms. The average Bonchev–Trinajstić information content (AvgIpc) is 3.24. The van der Waals surface area contributed by atoms with E-state index in [1.807, 2.05) is 39.8 Å². The summed E-state index contributed by atoms with van der Waals surface area (Å²) in [5, 5.41) is 0.679. The van der Waals surface area contributed by atoms with Crippen LogP contribution in [0.4, 0.5) is 0 Å². The number of hydrogen-bond donors (Lipinski definition) is 0. The van der Waals surface area contributed by atoms with Gasteiger partial charge < -0.3 is 13.9 Å². The van der Waals surface area contributed by atoms with Gasteiger partial charge in [0.15, 0.2) is 5.76 Å². The number of pyridine rings is 1. The molecule has 1 amide bonds. The molecule has 1 aromatic carbocycles. The van der Waals surface area contributed by atoms with Crippen LogP contribution in [0.2, 0.25) is 5.02 Å². The molecular formula is C22H19ClN2O3. The van der Waals surface area contributed by atoms with Crippen LogP contribution < -0.4 is 5.56 Å². The summed E-state index contributed by atoms with van der Waals surface area (Å²) in [6.07, 6.45) is 2.50. The van der Waals surface area contributed by atoms with Crippen LogP contribution in [0.5, 0.6) is 0 Å². The van der Waals surface area contributed by atoms with E-state index in [1.165, 1.54) is 6.26 Å². The third-order valence-electron chi connectivity index (χ3n) is 5.76. The van der Waals surface area contributed by atoms with Gasteiger partial charge in [0.1, 0.15) is 0 Å². The quantitative estimate of drug-likeness (QED) is 0.659. The molecule has 3 aromatic rings. The Labute approximate surface area is 167 Å². The van der Waals surface area contributed by atoms with E-state index in [0.29, 0.717) is 30.4 Å². The molecule has 4 heterocycles. The topological polar surface area (TPSA) is 55.5 Å². The summed E-state index contributed by atoms with van der Waals surface area (Å²) < 4.78 is 7.20. The van der Waals surface area contributed by atoms with Gasteiger partial charge in [-0.25, -0.2) is 0 Å². The summed E-state index contributed by atoms with van der Waals surface area (Å²) >= 11 is 6.05. The van der Waals surface area contributed by atoms with Crippen molar-refractivity contribution in [3.05, 3.63) is 81.6 Å². The second-order valence-electron chi connectivity index (χ2n) is 7.57. The van der Waals surface area contributed by atoms with Crippen LogP contribution >= 0.6 is 11.6 Å². The SMILES string of the molecule is O=C(c1ccco1)N1C[C@@H]2C[C@H](C1)c1c(-c3ccc(Cl)cc3)ccc(=O)n1C2. The number of amides is 1. The van der Waals surface area contributed by atoms with E-state index in [9.17, 15) is 9.59 Å². The maximum atomic E-state index is 12.8. The van der Waals surface area contributed by atoms with Crippen LogP contribution in [0.1, 0.15) is 28.6 Å². The van der Waals surface area contributed by atoms with Crippen LogP contribution in [-0.4, -0.2) is 28.5 Å². The molecule has 2 aliphatic rings. The zero-order valence-corrected chi connectivity index (χ0v) is 15.9. The van der Waals surface area contributed by atoms with Gasteiger partial charge in [-0.15, -0.1) is 0 Å². The fourth-order valence-electron chi connectivity index (χ4n) is 4.61. The highest BCUT2D eigenvalue weighted by Gasteiger charge is 2.38. The molecule has 0 N–H and O–H groups in total. The number of halogens is 1. The molecule has 5 nitrogen and oxygen atoms in total. The second kappa shape index (κ2) is 6.67. The smallest absolute Gasteiger partial charge is 0.289 e. The molecule has 0 unspecified atom stereocenters. The predicted octanol–water partition coefficient (Wildman–Crippen LogP) is 4.02. The third kappa shape index (κ3) is 2.87.